The maximum atomic E-state index is 9.27. The molecule has 1 fully saturated rings. The van der Waals surface area contributed by atoms with Gasteiger partial charge in [0, 0.05) is 5.92 Å². The molecule has 0 radical (unpaired) electrons. The topological polar surface area (TPSA) is 50.9 Å². The third-order valence-corrected chi connectivity index (χ3v) is 3.65. The molecule has 2 aromatic rings. The first-order valence-electron chi connectivity index (χ1n) is 6.54. The number of aromatic hydroxyl groups is 1. The number of phenolic OH excluding ortho intramolecular Hbond substituents is 1. The van der Waals surface area contributed by atoms with E-state index in [-0.39, 0.29) is 5.75 Å². The van der Waals surface area contributed by atoms with Gasteiger partial charge in [-0.3, -0.25) is 0 Å². The van der Waals surface area contributed by atoms with Crippen molar-refractivity contribution >= 4 is 0 Å². The molecule has 0 spiro atoms. The van der Waals surface area contributed by atoms with Crippen LogP contribution in [-0.4, -0.2) is 20.1 Å². The minimum Gasteiger partial charge on any atom is -0.508 e. The smallest absolute Gasteiger partial charge is 0.115 e. The van der Waals surface area contributed by atoms with Gasteiger partial charge in [0.25, 0.3) is 0 Å². The highest BCUT2D eigenvalue weighted by Gasteiger charge is 2.18. The Bertz CT molecular complexity index is 512. The molecule has 0 aliphatic heterocycles. The van der Waals surface area contributed by atoms with E-state index in [1.54, 1.807) is 16.8 Å². The first-order chi connectivity index (χ1) is 8.83. The second kappa shape index (κ2) is 4.80. The van der Waals surface area contributed by atoms with Crippen molar-refractivity contribution < 1.29 is 5.11 Å². The van der Waals surface area contributed by atoms with Crippen LogP contribution in [0.1, 0.15) is 43.7 Å². The van der Waals surface area contributed by atoms with Gasteiger partial charge in [-0.25, -0.2) is 4.68 Å². The molecular weight excluding hydrogens is 226 g/mol. The predicted molar refractivity (Wildman–Crippen MR) is 68.8 cm³/mol. The van der Waals surface area contributed by atoms with Crippen molar-refractivity contribution in [2.75, 3.05) is 0 Å². The van der Waals surface area contributed by atoms with E-state index in [1.807, 2.05) is 18.3 Å². The number of nitrogens with zero attached hydrogens (tertiary/aromatic N) is 3. The highest BCUT2D eigenvalue weighted by atomic mass is 16.3. The van der Waals surface area contributed by atoms with Gasteiger partial charge in [0.05, 0.1) is 17.6 Å². The van der Waals surface area contributed by atoms with Gasteiger partial charge < -0.3 is 5.11 Å². The Morgan fingerprint density at radius 2 is 1.78 bits per heavy atom. The van der Waals surface area contributed by atoms with E-state index in [0.29, 0.717) is 5.92 Å². The average Bonchev–Trinajstić information content (AvgIpc) is 2.90. The summed E-state index contributed by atoms with van der Waals surface area (Å²) in [6, 6.07) is 7.01. The van der Waals surface area contributed by atoms with Crippen LogP contribution >= 0.6 is 0 Å². The van der Waals surface area contributed by atoms with Crippen LogP contribution in [0, 0.1) is 0 Å². The van der Waals surface area contributed by atoms with Crippen LogP contribution in [0.2, 0.25) is 0 Å². The van der Waals surface area contributed by atoms with E-state index >= 15 is 0 Å². The van der Waals surface area contributed by atoms with Crippen LogP contribution in [0.25, 0.3) is 5.69 Å². The molecule has 4 nitrogen and oxygen atoms in total. The maximum Gasteiger partial charge on any atom is 0.115 e. The molecule has 1 N–H and O–H groups in total. The standard InChI is InChI=1S/C14H17N3O/c18-13-8-6-12(7-9-13)17-10-14(15-16-17)11-4-2-1-3-5-11/h6-11,18H,1-5H2. The molecule has 1 aromatic carbocycles. The van der Waals surface area contributed by atoms with Crippen LogP contribution in [-0.2, 0) is 0 Å². The van der Waals surface area contributed by atoms with Gasteiger partial charge in [0.1, 0.15) is 5.75 Å². The quantitative estimate of drug-likeness (QED) is 0.882. The van der Waals surface area contributed by atoms with E-state index in [4.69, 9.17) is 0 Å². The summed E-state index contributed by atoms with van der Waals surface area (Å²) < 4.78 is 1.78. The number of phenols is 1. The SMILES string of the molecule is Oc1ccc(-n2cc(C3CCCCC3)nn2)cc1. The lowest BCUT2D eigenvalue weighted by Crippen LogP contribution is -2.04. The molecule has 0 unspecified atom stereocenters. The lowest BCUT2D eigenvalue weighted by molar-refractivity contribution is 0.436. The van der Waals surface area contributed by atoms with Gasteiger partial charge >= 0.3 is 0 Å². The fourth-order valence-corrected chi connectivity index (χ4v) is 2.59. The molecule has 4 heteroatoms. The molecule has 1 aromatic heterocycles. The fraction of sp³-hybridized carbons (Fsp3) is 0.429. The molecule has 94 valence electrons. The average molecular weight is 243 g/mol. The molecule has 0 bridgehead atoms. The third kappa shape index (κ3) is 2.23. The zero-order chi connectivity index (χ0) is 12.4. The Labute approximate surface area is 106 Å². The van der Waals surface area contributed by atoms with Crippen molar-refractivity contribution in [1.82, 2.24) is 15.0 Å². The number of aromatic nitrogens is 3. The minimum atomic E-state index is 0.270. The van der Waals surface area contributed by atoms with E-state index in [9.17, 15) is 5.11 Å². The summed E-state index contributed by atoms with van der Waals surface area (Å²) >= 11 is 0. The third-order valence-electron chi connectivity index (χ3n) is 3.65. The van der Waals surface area contributed by atoms with Crippen molar-refractivity contribution in [3.05, 3.63) is 36.2 Å². The second-order valence-corrected chi connectivity index (χ2v) is 4.94. The van der Waals surface area contributed by atoms with Crippen LogP contribution in [0.4, 0.5) is 0 Å². The maximum absolute atomic E-state index is 9.27. The lowest BCUT2D eigenvalue weighted by atomic mass is 9.87. The zero-order valence-electron chi connectivity index (χ0n) is 10.3. The van der Waals surface area contributed by atoms with E-state index in [1.165, 1.54) is 32.1 Å². The molecule has 0 amide bonds. The second-order valence-electron chi connectivity index (χ2n) is 4.94. The summed E-state index contributed by atoms with van der Waals surface area (Å²) in [4.78, 5) is 0. The highest BCUT2D eigenvalue weighted by molar-refractivity contribution is 5.36. The van der Waals surface area contributed by atoms with Crippen LogP contribution in [0.15, 0.2) is 30.5 Å². The molecule has 1 aliphatic rings. The highest BCUT2D eigenvalue weighted by Crippen LogP contribution is 2.31. The largest absolute Gasteiger partial charge is 0.508 e. The number of rotatable bonds is 2. The van der Waals surface area contributed by atoms with Crippen LogP contribution in [0.3, 0.4) is 0 Å². The van der Waals surface area contributed by atoms with Crippen molar-refractivity contribution in [2.45, 2.75) is 38.0 Å². The molecule has 3 rings (SSSR count). The summed E-state index contributed by atoms with van der Waals surface area (Å²) in [6.07, 6.45) is 8.43. The first kappa shape index (κ1) is 11.3. The summed E-state index contributed by atoms with van der Waals surface area (Å²) in [6.45, 7) is 0. The zero-order valence-corrected chi connectivity index (χ0v) is 10.3. The van der Waals surface area contributed by atoms with Crippen molar-refractivity contribution in [3.63, 3.8) is 0 Å². The monoisotopic (exact) mass is 243 g/mol. The lowest BCUT2D eigenvalue weighted by Gasteiger charge is -2.18. The summed E-state index contributed by atoms with van der Waals surface area (Å²) in [5.74, 6) is 0.844. The summed E-state index contributed by atoms with van der Waals surface area (Å²) in [5.41, 5.74) is 2.03. The Balaban J connectivity index is 1.82. The summed E-state index contributed by atoms with van der Waals surface area (Å²) in [7, 11) is 0. The molecular formula is C14H17N3O. The normalized spacial score (nSPS) is 16.9. The Morgan fingerprint density at radius 3 is 2.50 bits per heavy atom. The van der Waals surface area contributed by atoms with Crippen molar-refractivity contribution in [3.8, 4) is 11.4 Å². The molecule has 0 atom stereocenters. The predicted octanol–water partition coefficient (Wildman–Crippen LogP) is 3.02. The van der Waals surface area contributed by atoms with Gasteiger partial charge in [-0.2, -0.15) is 0 Å². The Morgan fingerprint density at radius 1 is 1.06 bits per heavy atom. The van der Waals surface area contributed by atoms with Crippen LogP contribution in [0.5, 0.6) is 5.75 Å². The van der Waals surface area contributed by atoms with Gasteiger partial charge in [-0.1, -0.05) is 24.5 Å². The number of benzene rings is 1. The van der Waals surface area contributed by atoms with E-state index in [2.05, 4.69) is 10.3 Å². The van der Waals surface area contributed by atoms with Gasteiger partial charge in [0.15, 0.2) is 0 Å². The van der Waals surface area contributed by atoms with Crippen LogP contribution < -0.4 is 0 Å². The van der Waals surface area contributed by atoms with E-state index in [0.717, 1.165) is 11.4 Å². The summed E-state index contributed by atoms with van der Waals surface area (Å²) in [5, 5.41) is 17.7. The molecule has 18 heavy (non-hydrogen) atoms. The van der Waals surface area contributed by atoms with Gasteiger partial charge in [-0.15, -0.1) is 5.10 Å². The van der Waals surface area contributed by atoms with Gasteiger partial charge in [-0.05, 0) is 37.1 Å². The number of hydrogen-bond donors (Lipinski definition) is 1. The minimum absolute atomic E-state index is 0.270. The number of hydrogen-bond acceptors (Lipinski definition) is 3. The first-order valence-corrected chi connectivity index (χ1v) is 6.54. The van der Waals surface area contributed by atoms with Crippen molar-refractivity contribution in [2.24, 2.45) is 0 Å². The molecule has 1 saturated carbocycles. The molecule has 0 saturated heterocycles. The molecule has 1 aliphatic carbocycles. The fourth-order valence-electron chi connectivity index (χ4n) is 2.59. The van der Waals surface area contributed by atoms with Gasteiger partial charge in [0.2, 0.25) is 0 Å². The van der Waals surface area contributed by atoms with E-state index < -0.39 is 0 Å². The van der Waals surface area contributed by atoms with Crippen molar-refractivity contribution in [1.29, 1.82) is 0 Å². The molecule has 1 heterocycles. The Hall–Kier alpha value is -1.84. The Kier molecular flexibility index (Phi) is 3.00.